The van der Waals surface area contributed by atoms with Gasteiger partial charge in [-0.15, -0.1) is 0 Å². The van der Waals surface area contributed by atoms with Gasteiger partial charge in [-0.25, -0.2) is 9.97 Å². The molecule has 0 atom stereocenters. The number of aromatic nitrogens is 2. The van der Waals surface area contributed by atoms with Crippen molar-refractivity contribution in [2.45, 2.75) is 26.3 Å². The minimum absolute atomic E-state index is 0.276. The highest BCUT2D eigenvalue weighted by Crippen LogP contribution is 2.18. The number of rotatable bonds is 1. The molecule has 0 radical (unpaired) electrons. The van der Waals surface area contributed by atoms with Gasteiger partial charge >= 0.3 is 0 Å². The second kappa shape index (κ2) is 4.37. The predicted molar refractivity (Wildman–Crippen MR) is 65.6 cm³/mol. The summed E-state index contributed by atoms with van der Waals surface area (Å²) in [5, 5.41) is 0. The Balaban J connectivity index is 1.96. The Kier molecular flexibility index (Phi) is 3.10. The minimum atomic E-state index is 0.276. The summed E-state index contributed by atoms with van der Waals surface area (Å²) >= 11 is 0. The topological polar surface area (TPSA) is 32.3 Å². The molecular formula is C12H20N4. The summed E-state index contributed by atoms with van der Waals surface area (Å²) in [4.78, 5) is 13.1. The van der Waals surface area contributed by atoms with Gasteiger partial charge in [-0.1, -0.05) is 0 Å². The lowest BCUT2D eigenvalue weighted by Crippen LogP contribution is -2.53. The van der Waals surface area contributed by atoms with Crippen LogP contribution < -0.4 is 4.90 Å². The van der Waals surface area contributed by atoms with Crippen molar-refractivity contribution >= 4 is 5.82 Å². The molecule has 0 spiro atoms. The molecule has 0 aliphatic carbocycles. The minimum Gasteiger partial charge on any atom is -0.354 e. The second-order valence-corrected chi connectivity index (χ2v) is 5.21. The summed E-state index contributed by atoms with van der Waals surface area (Å²) in [7, 11) is 0. The fraction of sp³-hybridized carbons (Fsp3) is 0.667. The van der Waals surface area contributed by atoms with Crippen molar-refractivity contribution in [3.63, 3.8) is 0 Å². The first-order valence-corrected chi connectivity index (χ1v) is 5.83. The van der Waals surface area contributed by atoms with Crippen LogP contribution in [0.1, 0.15) is 20.8 Å². The van der Waals surface area contributed by atoms with Gasteiger partial charge in [0.15, 0.2) is 0 Å². The Morgan fingerprint density at radius 3 is 2.31 bits per heavy atom. The third kappa shape index (κ3) is 2.50. The molecule has 1 aromatic heterocycles. The smallest absolute Gasteiger partial charge is 0.131 e. The SMILES string of the molecule is CC(C)(C)N1CCN(c2ccncn2)CC1. The highest BCUT2D eigenvalue weighted by molar-refractivity contribution is 5.37. The summed E-state index contributed by atoms with van der Waals surface area (Å²) in [5.74, 6) is 1.04. The Morgan fingerprint density at radius 1 is 1.12 bits per heavy atom. The number of anilines is 1. The maximum Gasteiger partial charge on any atom is 0.131 e. The van der Waals surface area contributed by atoms with E-state index in [2.05, 4.69) is 40.5 Å². The first-order valence-electron chi connectivity index (χ1n) is 5.83. The summed E-state index contributed by atoms with van der Waals surface area (Å²) in [6.45, 7) is 11.1. The summed E-state index contributed by atoms with van der Waals surface area (Å²) in [6, 6.07) is 1.98. The molecule has 1 saturated heterocycles. The van der Waals surface area contributed by atoms with Gasteiger partial charge in [-0.3, -0.25) is 4.90 Å². The third-order valence-electron chi connectivity index (χ3n) is 3.12. The van der Waals surface area contributed by atoms with Crippen LogP contribution in [0.15, 0.2) is 18.6 Å². The summed E-state index contributed by atoms with van der Waals surface area (Å²) in [6.07, 6.45) is 3.42. The van der Waals surface area contributed by atoms with Crippen LogP contribution in [0.5, 0.6) is 0 Å². The lowest BCUT2D eigenvalue weighted by atomic mass is 10.1. The highest BCUT2D eigenvalue weighted by atomic mass is 15.3. The zero-order valence-corrected chi connectivity index (χ0v) is 10.3. The van der Waals surface area contributed by atoms with Crippen LogP contribution in [0.25, 0.3) is 0 Å². The molecule has 88 valence electrons. The maximum absolute atomic E-state index is 4.29. The zero-order chi connectivity index (χ0) is 11.6. The van der Waals surface area contributed by atoms with Crippen molar-refractivity contribution in [1.29, 1.82) is 0 Å². The molecule has 1 aromatic rings. The third-order valence-corrected chi connectivity index (χ3v) is 3.12. The van der Waals surface area contributed by atoms with E-state index in [1.54, 1.807) is 12.5 Å². The van der Waals surface area contributed by atoms with Crippen LogP contribution in [0.3, 0.4) is 0 Å². The summed E-state index contributed by atoms with van der Waals surface area (Å²) < 4.78 is 0. The molecule has 0 unspecified atom stereocenters. The van der Waals surface area contributed by atoms with Crippen LogP contribution >= 0.6 is 0 Å². The first-order chi connectivity index (χ1) is 7.57. The Labute approximate surface area is 97.3 Å². The Morgan fingerprint density at radius 2 is 1.81 bits per heavy atom. The van der Waals surface area contributed by atoms with Crippen LogP contribution in [0.4, 0.5) is 5.82 Å². The second-order valence-electron chi connectivity index (χ2n) is 5.21. The van der Waals surface area contributed by atoms with Crippen molar-refractivity contribution in [3.8, 4) is 0 Å². The average Bonchev–Trinajstić information content (AvgIpc) is 2.29. The molecular weight excluding hydrogens is 200 g/mol. The molecule has 0 aromatic carbocycles. The van der Waals surface area contributed by atoms with Crippen LogP contribution in [-0.4, -0.2) is 46.6 Å². The van der Waals surface area contributed by atoms with Crippen LogP contribution in [0.2, 0.25) is 0 Å². The van der Waals surface area contributed by atoms with E-state index < -0.39 is 0 Å². The molecule has 0 N–H and O–H groups in total. The fourth-order valence-corrected chi connectivity index (χ4v) is 2.08. The molecule has 1 aliphatic rings. The maximum atomic E-state index is 4.29. The standard InChI is InChI=1S/C12H20N4/c1-12(2,3)16-8-6-15(7-9-16)11-4-5-13-10-14-11/h4-5,10H,6-9H2,1-3H3. The van der Waals surface area contributed by atoms with Crippen molar-refractivity contribution in [1.82, 2.24) is 14.9 Å². The van der Waals surface area contributed by atoms with Gasteiger partial charge in [0.1, 0.15) is 12.1 Å². The van der Waals surface area contributed by atoms with Crippen molar-refractivity contribution in [3.05, 3.63) is 18.6 Å². The molecule has 2 rings (SSSR count). The Hall–Kier alpha value is -1.16. The molecule has 0 bridgehead atoms. The van der Waals surface area contributed by atoms with Gasteiger partial charge in [-0.2, -0.15) is 0 Å². The van der Waals surface area contributed by atoms with E-state index in [1.165, 1.54) is 0 Å². The van der Waals surface area contributed by atoms with Crippen LogP contribution in [0, 0.1) is 0 Å². The average molecular weight is 220 g/mol. The molecule has 4 nitrogen and oxygen atoms in total. The zero-order valence-electron chi connectivity index (χ0n) is 10.3. The van der Waals surface area contributed by atoms with Gasteiger partial charge < -0.3 is 4.90 Å². The molecule has 2 heterocycles. The lowest BCUT2D eigenvalue weighted by Gasteiger charge is -2.42. The predicted octanol–water partition coefficient (Wildman–Crippen LogP) is 1.40. The van der Waals surface area contributed by atoms with E-state index in [1.807, 2.05) is 6.07 Å². The van der Waals surface area contributed by atoms with Gasteiger partial charge in [-0.05, 0) is 26.8 Å². The van der Waals surface area contributed by atoms with Gasteiger partial charge in [0.25, 0.3) is 0 Å². The quantitative estimate of drug-likeness (QED) is 0.716. The fourth-order valence-electron chi connectivity index (χ4n) is 2.08. The Bertz CT molecular complexity index is 323. The van der Waals surface area contributed by atoms with E-state index in [9.17, 15) is 0 Å². The summed E-state index contributed by atoms with van der Waals surface area (Å²) in [5.41, 5.74) is 0.276. The van der Waals surface area contributed by atoms with Gasteiger partial charge in [0.05, 0.1) is 0 Å². The molecule has 16 heavy (non-hydrogen) atoms. The van der Waals surface area contributed by atoms with E-state index in [4.69, 9.17) is 0 Å². The molecule has 0 amide bonds. The van der Waals surface area contributed by atoms with Crippen molar-refractivity contribution in [2.75, 3.05) is 31.1 Å². The number of nitrogens with zero attached hydrogens (tertiary/aromatic N) is 4. The molecule has 0 saturated carbocycles. The van der Waals surface area contributed by atoms with Gasteiger partial charge in [0, 0.05) is 37.9 Å². The van der Waals surface area contributed by atoms with Gasteiger partial charge in [0.2, 0.25) is 0 Å². The van der Waals surface area contributed by atoms with E-state index >= 15 is 0 Å². The number of hydrogen-bond acceptors (Lipinski definition) is 4. The number of hydrogen-bond donors (Lipinski definition) is 0. The van der Waals surface area contributed by atoms with E-state index in [0.717, 1.165) is 32.0 Å². The van der Waals surface area contributed by atoms with Crippen LogP contribution in [-0.2, 0) is 0 Å². The first kappa shape index (κ1) is 11.3. The van der Waals surface area contributed by atoms with E-state index in [0.29, 0.717) is 0 Å². The highest BCUT2D eigenvalue weighted by Gasteiger charge is 2.25. The largest absolute Gasteiger partial charge is 0.354 e. The van der Waals surface area contributed by atoms with Crippen molar-refractivity contribution < 1.29 is 0 Å². The normalized spacial score (nSPS) is 18.8. The lowest BCUT2D eigenvalue weighted by molar-refractivity contribution is 0.128. The molecule has 1 aliphatic heterocycles. The monoisotopic (exact) mass is 220 g/mol. The van der Waals surface area contributed by atoms with E-state index in [-0.39, 0.29) is 5.54 Å². The molecule has 1 fully saturated rings. The number of piperazine rings is 1. The molecule has 4 heteroatoms. The van der Waals surface area contributed by atoms with Crippen molar-refractivity contribution in [2.24, 2.45) is 0 Å².